The zero-order valence-corrected chi connectivity index (χ0v) is 7.69. The molecule has 0 atom stereocenters. The Morgan fingerprint density at radius 3 is 3.00 bits per heavy atom. The fourth-order valence-corrected chi connectivity index (χ4v) is 1.76. The standard InChI is InChI=1S/C8H14N4O/c1-11-4-6-7(5-11)12(2-3-13)10-8(6)9/h13H,2-5H2,1H3,(H2,9,10). The second-order valence-corrected chi connectivity index (χ2v) is 3.43. The predicted octanol–water partition coefficient (Wildman–Crippen LogP) is -0.597. The molecule has 2 rings (SSSR count). The van der Waals surface area contributed by atoms with Crippen LogP contribution in [0.1, 0.15) is 11.3 Å². The van der Waals surface area contributed by atoms with Gasteiger partial charge in [-0.25, -0.2) is 0 Å². The van der Waals surface area contributed by atoms with Gasteiger partial charge in [0.15, 0.2) is 0 Å². The van der Waals surface area contributed by atoms with Gasteiger partial charge in [-0.2, -0.15) is 5.10 Å². The summed E-state index contributed by atoms with van der Waals surface area (Å²) >= 11 is 0. The van der Waals surface area contributed by atoms with E-state index in [1.165, 1.54) is 0 Å². The minimum absolute atomic E-state index is 0.108. The van der Waals surface area contributed by atoms with Crippen LogP contribution in [-0.2, 0) is 19.6 Å². The predicted molar refractivity (Wildman–Crippen MR) is 48.9 cm³/mol. The van der Waals surface area contributed by atoms with Gasteiger partial charge in [-0.3, -0.25) is 9.58 Å². The first kappa shape index (κ1) is 8.52. The highest BCUT2D eigenvalue weighted by molar-refractivity contribution is 5.44. The normalized spacial score (nSPS) is 16.5. The molecule has 1 aromatic rings. The lowest BCUT2D eigenvalue weighted by Crippen LogP contribution is -2.14. The van der Waals surface area contributed by atoms with Crippen LogP contribution < -0.4 is 5.73 Å². The lowest BCUT2D eigenvalue weighted by Gasteiger charge is -2.07. The van der Waals surface area contributed by atoms with Crippen LogP contribution in [0.15, 0.2) is 0 Å². The highest BCUT2D eigenvalue weighted by atomic mass is 16.3. The average molecular weight is 182 g/mol. The van der Waals surface area contributed by atoms with E-state index in [0.717, 1.165) is 24.3 Å². The van der Waals surface area contributed by atoms with Crippen molar-refractivity contribution in [3.63, 3.8) is 0 Å². The number of hydrogen-bond donors (Lipinski definition) is 2. The summed E-state index contributed by atoms with van der Waals surface area (Å²) < 4.78 is 1.80. The zero-order chi connectivity index (χ0) is 9.42. The minimum atomic E-state index is 0.108. The molecule has 0 bridgehead atoms. The van der Waals surface area contributed by atoms with E-state index in [9.17, 15) is 0 Å². The maximum absolute atomic E-state index is 8.81. The zero-order valence-electron chi connectivity index (χ0n) is 7.69. The summed E-state index contributed by atoms with van der Waals surface area (Å²) in [6.45, 7) is 2.39. The summed E-state index contributed by atoms with van der Waals surface area (Å²) in [5, 5.41) is 13.0. The van der Waals surface area contributed by atoms with Gasteiger partial charge in [0.1, 0.15) is 5.82 Å². The second kappa shape index (κ2) is 3.01. The molecule has 0 aliphatic carbocycles. The Bertz CT molecular complexity index is 320. The molecule has 5 heteroatoms. The van der Waals surface area contributed by atoms with E-state index in [-0.39, 0.29) is 6.61 Å². The van der Waals surface area contributed by atoms with Crippen LogP contribution >= 0.6 is 0 Å². The lowest BCUT2D eigenvalue weighted by molar-refractivity contribution is 0.263. The van der Waals surface area contributed by atoms with Gasteiger partial charge < -0.3 is 10.8 Å². The molecular weight excluding hydrogens is 168 g/mol. The monoisotopic (exact) mass is 182 g/mol. The van der Waals surface area contributed by atoms with E-state index in [4.69, 9.17) is 10.8 Å². The van der Waals surface area contributed by atoms with Gasteiger partial charge in [-0.05, 0) is 7.05 Å². The number of hydrogen-bond acceptors (Lipinski definition) is 4. The maximum Gasteiger partial charge on any atom is 0.150 e. The van der Waals surface area contributed by atoms with Crippen molar-refractivity contribution in [2.24, 2.45) is 0 Å². The Morgan fingerprint density at radius 1 is 1.54 bits per heavy atom. The molecule has 3 N–H and O–H groups in total. The fraction of sp³-hybridized carbons (Fsp3) is 0.625. The number of nitrogens with two attached hydrogens (primary N) is 1. The van der Waals surface area contributed by atoms with Crippen molar-refractivity contribution in [1.82, 2.24) is 14.7 Å². The molecule has 1 aliphatic heterocycles. The van der Waals surface area contributed by atoms with Gasteiger partial charge in [0.2, 0.25) is 0 Å². The van der Waals surface area contributed by atoms with Crippen molar-refractivity contribution in [3.8, 4) is 0 Å². The number of aliphatic hydroxyl groups is 1. The van der Waals surface area contributed by atoms with E-state index < -0.39 is 0 Å². The molecule has 0 amide bonds. The third-order valence-corrected chi connectivity index (χ3v) is 2.36. The van der Waals surface area contributed by atoms with E-state index >= 15 is 0 Å². The molecule has 2 heterocycles. The molecule has 1 aromatic heterocycles. The molecule has 0 saturated carbocycles. The number of anilines is 1. The van der Waals surface area contributed by atoms with Crippen LogP contribution in [-0.4, -0.2) is 33.4 Å². The van der Waals surface area contributed by atoms with Gasteiger partial charge in [-0.1, -0.05) is 0 Å². The Morgan fingerprint density at radius 2 is 2.31 bits per heavy atom. The Labute approximate surface area is 76.8 Å². The number of nitrogens with zero attached hydrogens (tertiary/aromatic N) is 3. The molecule has 0 radical (unpaired) electrons. The first-order valence-corrected chi connectivity index (χ1v) is 4.36. The Hall–Kier alpha value is -1.07. The third-order valence-electron chi connectivity index (χ3n) is 2.36. The SMILES string of the molecule is CN1Cc2c(N)nn(CCO)c2C1. The summed E-state index contributed by atoms with van der Waals surface area (Å²) in [6.07, 6.45) is 0. The molecule has 13 heavy (non-hydrogen) atoms. The average Bonchev–Trinajstić information content (AvgIpc) is 2.55. The number of aliphatic hydroxyl groups excluding tert-OH is 1. The van der Waals surface area contributed by atoms with Gasteiger partial charge in [-0.15, -0.1) is 0 Å². The molecule has 0 saturated heterocycles. The third kappa shape index (κ3) is 1.30. The van der Waals surface area contributed by atoms with Gasteiger partial charge in [0, 0.05) is 18.7 Å². The van der Waals surface area contributed by atoms with Gasteiger partial charge >= 0.3 is 0 Å². The van der Waals surface area contributed by atoms with Crippen molar-refractivity contribution in [2.45, 2.75) is 19.6 Å². The summed E-state index contributed by atoms with van der Waals surface area (Å²) in [4.78, 5) is 2.18. The van der Waals surface area contributed by atoms with Crippen LogP contribution in [0, 0.1) is 0 Å². The fourth-order valence-electron chi connectivity index (χ4n) is 1.76. The highest BCUT2D eigenvalue weighted by Crippen LogP contribution is 2.25. The van der Waals surface area contributed by atoms with E-state index in [1.54, 1.807) is 4.68 Å². The van der Waals surface area contributed by atoms with E-state index in [2.05, 4.69) is 10.00 Å². The van der Waals surface area contributed by atoms with Crippen molar-refractivity contribution >= 4 is 5.82 Å². The van der Waals surface area contributed by atoms with Crippen LogP contribution in [0.2, 0.25) is 0 Å². The highest BCUT2D eigenvalue weighted by Gasteiger charge is 2.23. The van der Waals surface area contributed by atoms with Gasteiger partial charge in [0.05, 0.1) is 18.8 Å². The summed E-state index contributed by atoms with van der Waals surface area (Å²) in [6, 6.07) is 0. The van der Waals surface area contributed by atoms with Crippen molar-refractivity contribution < 1.29 is 5.11 Å². The lowest BCUT2D eigenvalue weighted by atomic mass is 10.3. The maximum atomic E-state index is 8.81. The molecule has 0 aromatic carbocycles. The van der Waals surface area contributed by atoms with Crippen molar-refractivity contribution in [3.05, 3.63) is 11.3 Å². The summed E-state index contributed by atoms with van der Waals surface area (Å²) in [5.74, 6) is 0.604. The molecule has 0 spiro atoms. The molecule has 5 nitrogen and oxygen atoms in total. The van der Waals surface area contributed by atoms with Crippen molar-refractivity contribution in [2.75, 3.05) is 19.4 Å². The molecule has 1 aliphatic rings. The van der Waals surface area contributed by atoms with Crippen LogP contribution in [0.25, 0.3) is 0 Å². The topological polar surface area (TPSA) is 67.3 Å². The van der Waals surface area contributed by atoms with Crippen LogP contribution in [0.5, 0.6) is 0 Å². The quantitative estimate of drug-likeness (QED) is 0.641. The van der Waals surface area contributed by atoms with Crippen LogP contribution in [0.4, 0.5) is 5.82 Å². The van der Waals surface area contributed by atoms with Crippen LogP contribution in [0.3, 0.4) is 0 Å². The number of nitrogen functional groups attached to an aromatic ring is 1. The largest absolute Gasteiger partial charge is 0.394 e. The number of fused-ring (bicyclic) bond motifs is 1. The summed E-state index contributed by atoms with van der Waals surface area (Å²) in [5.41, 5.74) is 8.01. The smallest absolute Gasteiger partial charge is 0.150 e. The molecule has 0 fully saturated rings. The van der Waals surface area contributed by atoms with E-state index in [0.29, 0.717) is 12.4 Å². The second-order valence-electron chi connectivity index (χ2n) is 3.43. The summed E-state index contributed by atoms with van der Waals surface area (Å²) in [7, 11) is 2.04. The number of aromatic nitrogens is 2. The minimum Gasteiger partial charge on any atom is -0.394 e. The molecule has 0 unspecified atom stereocenters. The number of rotatable bonds is 2. The molecular formula is C8H14N4O. The van der Waals surface area contributed by atoms with Crippen molar-refractivity contribution in [1.29, 1.82) is 0 Å². The van der Waals surface area contributed by atoms with Gasteiger partial charge in [0.25, 0.3) is 0 Å². The first-order valence-electron chi connectivity index (χ1n) is 4.36. The molecule has 72 valence electrons. The van der Waals surface area contributed by atoms with E-state index in [1.807, 2.05) is 7.05 Å². The Balaban J connectivity index is 2.34. The first-order chi connectivity index (χ1) is 6.22. The Kier molecular flexibility index (Phi) is 1.97.